The molecule has 1 rings (SSSR count). The van der Waals surface area contributed by atoms with Gasteiger partial charge in [-0.15, -0.1) is 11.3 Å². The Morgan fingerprint density at radius 2 is 2.31 bits per heavy atom. The Labute approximate surface area is 79.6 Å². The molecule has 0 aliphatic heterocycles. The summed E-state index contributed by atoms with van der Waals surface area (Å²) in [5.74, 6) is -0.827. The fourth-order valence-electron chi connectivity index (χ4n) is 0.785. The molecular weight excluding hydrogens is 190 g/mol. The minimum Gasteiger partial charge on any atom is -0.469 e. The molecule has 0 radical (unpaired) electrons. The van der Waals surface area contributed by atoms with Crippen molar-refractivity contribution in [3.8, 4) is 0 Å². The Morgan fingerprint density at radius 3 is 2.77 bits per heavy atom. The zero-order valence-corrected chi connectivity index (χ0v) is 8.18. The van der Waals surface area contributed by atoms with E-state index in [2.05, 4.69) is 9.72 Å². The van der Waals surface area contributed by atoms with Crippen molar-refractivity contribution in [1.82, 2.24) is 4.98 Å². The van der Waals surface area contributed by atoms with Crippen LogP contribution in [0.4, 0.5) is 0 Å². The van der Waals surface area contributed by atoms with Gasteiger partial charge in [0.1, 0.15) is 12.1 Å². The van der Waals surface area contributed by atoms with Gasteiger partial charge in [0.05, 0.1) is 12.1 Å². The quantitative estimate of drug-likeness (QED) is 0.417. The molecule has 1 heterocycles. The predicted octanol–water partition coefficient (Wildman–Crippen LogP) is 1.20. The number of ketones is 1. The topological polar surface area (TPSA) is 56.3 Å². The van der Waals surface area contributed by atoms with Crippen LogP contribution in [0.15, 0.2) is 5.38 Å². The van der Waals surface area contributed by atoms with E-state index in [0.29, 0.717) is 5.69 Å². The molecule has 0 unspecified atom stereocenters. The van der Waals surface area contributed by atoms with E-state index in [1.165, 1.54) is 18.4 Å². The van der Waals surface area contributed by atoms with Crippen LogP contribution in [0.5, 0.6) is 0 Å². The minimum atomic E-state index is -0.532. The highest BCUT2D eigenvalue weighted by Gasteiger charge is 2.14. The molecule has 5 heteroatoms. The van der Waals surface area contributed by atoms with Gasteiger partial charge < -0.3 is 4.74 Å². The van der Waals surface area contributed by atoms with Gasteiger partial charge >= 0.3 is 5.97 Å². The number of esters is 1. The van der Waals surface area contributed by atoms with Crippen LogP contribution in [-0.4, -0.2) is 23.8 Å². The average Bonchev–Trinajstić information content (AvgIpc) is 2.51. The van der Waals surface area contributed by atoms with E-state index in [1.807, 2.05) is 0 Å². The lowest BCUT2D eigenvalue weighted by atomic mass is 10.2. The number of ether oxygens (including phenoxy) is 1. The summed E-state index contributed by atoms with van der Waals surface area (Å²) in [6.07, 6.45) is -0.236. The van der Waals surface area contributed by atoms with Gasteiger partial charge in [0.2, 0.25) is 0 Å². The Morgan fingerprint density at radius 1 is 1.62 bits per heavy atom. The first kappa shape index (κ1) is 9.85. The van der Waals surface area contributed by atoms with Crippen molar-refractivity contribution in [3.63, 3.8) is 0 Å². The number of aromatic nitrogens is 1. The Balaban J connectivity index is 2.64. The van der Waals surface area contributed by atoms with Crippen molar-refractivity contribution >= 4 is 23.1 Å². The molecule has 0 aliphatic rings. The molecule has 0 aliphatic carbocycles. The van der Waals surface area contributed by atoms with Crippen molar-refractivity contribution < 1.29 is 14.3 Å². The molecule has 0 N–H and O–H groups in total. The fraction of sp³-hybridized carbons (Fsp3) is 0.375. The number of carbonyl (C=O) groups is 2. The SMILES string of the molecule is COC(=O)CC(=O)c1csc(C)n1. The van der Waals surface area contributed by atoms with Gasteiger partial charge in [-0.3, -0.25) is 9.59 Å². The molecular formula is C8H9NO3S. The van der Waals surface area contributed by atoms with Gasteiger partial charge in [-0.1, -0.05) is 0 Å². The van der Waals surface area contributed by atoms with Crippen LogP contribution in [0.3, 0.4) is 0 Å². The molecule has 0 spiro atoms. The van der Waals surface area contributed by atoms with Gasteiger partial charge in [-0.25, -0.2) is 4.98 Å². The average molecular weight is 199 g/mol. The summed E-state index contributed by atoms with van der Waals surface area (Å²) >= 11 is 1.38. The van der Waals surface area contributed by atoms with E-state index < -0.39 is 5.97 Å². The predicted molar refractivity (Wildman–Crippen MR) is 47.8 cm³/mol. The van der Waals surface area contributed by atoms with Crippen molar-refractivity contribution in [2.24, 2.45) is 0 Å². The lowest BCUT2D eigenvalue weighted by Gasteiger charge is -1.94. The molecule has 0 saturated carbocycles. The summed E-state index contributed by atoms with van der Waals surface area (Å²) in [4.78, 5) is 26.0. The highest BCUT2D eigenvalue weighted by atomic mass is 32.1. The highest BCUT2D eigenvalue weighted by Crippen LogP contribution is 2.09. The maximum absolute atomic E-state index is 11.3. The number of Topliss-reactive ketones (excluding diaryl/α,β-unsaturated/α-hetero) is 1. The third kappa shape index (κ3) is 2.62. The number of rotatable bonds is 3. The number of thiazole rings is 1. The number of carbonyl (C=O) groups excluding carboxylic acids is 2. The zero-order chi connectivity index (χ0) is 9.84. The maximum Gasteiger partial charge on any atom is 0.313 e. The summed E-state index contributed by atoms with van der Waals surface area (Å²) in [5.41, 5.74) is 0.341. The van der Waals surface area contributed by atoms with E-state index in [9.17, 15) is 9.59 Å². The van der Waals surface area contributed by atoms with Crippen LogP contribution in [0.2, 0.25) is 0 Å². The van der Waals surface area contributed by atoms with Gasteiger partial charge in [-0.05, 0) is 6.92 Å². The van der Waals surface area contributed by atoms with E-state index in [1.54, 1.807) is 12.3 Å². The molecule has 0 amide bonds. The van der Waals surface area contributed by atoms with Crippen molar-refractivity contribution in [2.45, 2.75) is 13.3 Å². The van der Waals surface area contributed by atoms with Crippen molar-refractivity contribution in [2.75, 3.05) is 7.11 Å². The number of hydrogen-bond acceptors (Lipinski definition) is 5. The van der Waals surface area contributed by atoms with Gasteiger partial charge in [0.25, 0.3) is 0 Å². The lowest BCUT2D eigenvalue weighted by Crippen LogP contribution is -2.09. The lowest BCUT2D eigenvalue weighted by molar-refractivity contribution is -0.139. The van der Waals surface area contributed by atoms with Gasteiger partial charge in [0, 0.05) is 5.38 Å². The van der Waals surface area contributed by atoms with E-state index in [0.717, 1.165) is 5.01 Å². The normalized spacial score (nSPS) is 9.69. The highest BCUT2D eigenvalue weighted by molar-refractivity contribution is 7.09. The van der Waals surface area contributed by atoms with Crippen LogP contribution in [0.25, 0.3) is 0 Å². The van der Waals surface area contributed by atoms with Crippen molar-refractivity contribution in [1.29, 1.82) is 0 Å². The van der Waals surface area contributed by atoms with Crippen molar-refractivity contribution in [3.05, 3.63) is 16.1 Å². The summed E-state index contributed by atoms with van der Waals surface area (Å²) in [6.45, 7) is 1.81. The monoisotopic (exact) mass is 199 g/mol. The Hall–Kier alpha value is -1.23. The largest absolute Gasteiger partial charge is 0.469 e. The number of methoxy groups -OCH3 is 1. The first-order valence-corrected chi connectivity index (χ1v) is 4.53. The molecule has 1 aromatic heterocycles. The van der Waals surface area contributed by atoms with Crippen LogP contribution in [0, 0.1) is 6.92 Å². The third-order valence-electron chi connectivity index (χ3n) is 1.44. The second-order valence-electron chi connectivity index (χ2n) is 2.43. The molecule has 0 saturated heterocycles. The molecule has 4 nitrogen and oxygen atoms in total. The standard InChI is InChI=1S/C8H9NO3S/c1-5-9-6(4-13-5)7(10)3-8(11)12-2/h4H,3H2,1-2H3. The van der Waals surface area contributed by atoms with Crippen LogP contribution in [0.1, 0.15) is 21.9 Å². The zero-order valence-electron chi connectivity index (χ0n) is 7.36. The molecule has 0 fully saturated rings. The summed E-state index contributed by atoms with van der Waals surface area (Å²) in [5, 5.41) is 2.45. The second-order valence-corrected chi connectivity index (χ2v) is 3.49. The summed E-state index contributed by atoms with van der Waals surface area (Å²) in [6, 6.07) is 0. The minimum absolute atomic E-state index is 0.236. The molecule has 0 atom stereocenters. The summed E-state index contributed by atoms with van der Waals surface area (Å²) in [7, 11) is 1.25. The molecule has 1 aromatic rings. The van der Waals surface area contributed by atoms with Gasteiger partial charge in [0.15, 0.2) is 5.78 Å². The number of hydrogen-bond donors (Lipinski definition) is 0. The van der Waals surface area contributed by atoms with Gasteiger partial charge in [-0.2, -0.15) is 0 Å². The van der Waals surface area contributed by atoms with E-state index in [-0.39, 0.29) is 12.2 Å². The molecule has 0 aromatic carbocycles. The third-order valence-corrected chi connectivity index (χ3v) is 2.21. The Kier molecular flexibility index (Phi) is 3.13. The molecule has 13 heavy (non-hydrogen) atoms. The number of aryl methyl sites for hydroxylation is 1. The van der Waals surface area contributed by atoms with E-state index in [4.69, 9.17) is 0 Å². The maximum atomic E-state index is 11.3. The smallest absolute Gasteiger partial charge is 0.313 e. The van der Waals surface area contributed by atoms with Crippen LogP contribution >= 0.6 is 11.3 Å². The first-order chi connectivity index (χ1) is 6.13. The van der Waals surface area contributed by atoms with E-state index >= 15 is 0 Å². The number of nitrogens with zero attached hydrogens (tertiary/aromatic N) is 1. The first-order valence-electron chi connectivity index (χ1n) is 3.65. The van der Waals surface area contributed by atoms with Crippen LogP contribution < -0.4 is 0 Å². The fourth-order valence-corrected chi connectivity index (χ4v) is 1.40. The second kappa shape index (κ2) is 4.13. The molecule has 70 valence electrons. The Bertz CT molecular complexity index is 332. The van der Waals surface area contributed by atoms with Crippen LogP contribution in [-0.2, 0) is 9.53 Å². The molecule has 0 bridgehead atoms. The summed E-state index contributed by atoms with van der Waals surface area (Å²) < 4.78 is 4.37.